The Labute approximate surface area is 201 Å². The second-order valence-corrected chi connectivity index (χ2v) is 8.82. The van der Waals surface area contributed by atoms with Crippen LogP contribution in [-0.2, 0) is 9.59 Å². The fraction of sp³-hybridized carbons (Fsp3) is 0.154. The van der Waals surface area contributed by atoms with Crippen molar-refractivity contribution in [2.45, 2.75) is 26.1 Å². The van der Waals surface area contributed by atoms with Gasteiger partial charge in [-0.2, -0.15) is 0 Å². The van der Waals surface area contributed by atoms with Crippen LogP contribution in [0.1, 0.15) is 18.1 Å². The largest absolute Gasteiger partial charge is 0.397 e. The Bertz CT molecular complexity index is 1440. The summed E-state index contributed by atoms with van der Waals surface area (Å²) in [6.45, 7) is 3.42. The van der Waals surface area contributed by atoms with Gasteiger partial charge < -0.3 is 5.73 Å². The van der Waals surface area contributed by atoms with Gasteiger partial charge in [-0.25, -0.2) is 19.5 Å². The standard InChI is InChI=1S/C26H23N6O3/c1-16-10-6-8-14-20(16)32-21-15-9-7-13-19(21)22-28-23(25(32)34)30(31(32)24(33)17(2)27)26(35)29(22)18-11-4-3-5-12-18/h3-15,17,23H,27H2,1-2H3/q+1/t17-,23-,32-/m0/s1. The molecule has 3 aliphatic heterocycles. The van der Waals surface area contributed by atoms with E-state index in [9.17, 15) is 14.4 Å². The Balaban J connectivity index is 1.76. The van der Waals surface area contributed by atoms with Gasteiger partial charge in [-0.15, -0.1) is 5.01 Å². The van der Waals surface area contributed by atoms with Gasteiger partial charge in [-0.05, 0) is 32.0 Å². The molecule has 4 amide bonds. The highest BCUT2D eigenvalue weighted by Crippen LogP contribution is 2.51. The van der Waals surface area contributed by atoms with Crippen LogP contribution >= 0.6 is 0 Å². The molecule has 174 valence electrons. The quantitative estimate of drug-likeness (QED) is 0.598. The molecule has 9 nitrogen and oxygen atoms in total. The lowest BCUT2D eigenvalue weighted by molar-refractivity contribution is -0.162. The molecule has 6 rings (SSSR count). The number of fused-ring (bicyclic) bond motifs is 4. The zero-order valence-corrected chi connectivity index (χ0v) is 19.2. The number of carbonyl (C=O) groups excluding carboxylic acids is 3. The molecule has 0 saturated carbocycles. The SMILES string of the molecule is Cc1ccccc1[N@@+]12C(=O)[C@H]3N=C(c4ccccc41)N(c1ccccc1)C(=O)N3N2C(=O)[C@H](C)N. The summed E-state index contributed by atoms with van der Waals surface area (Å²) in [4.78, 5) is 48.5. The van der Waals surface area contributed by atoms with E-state index in [0.29, 0.717) is 28.5 Å². The molecule has 0 aliphatic carbocycles. The second-order valence-electron chi connectivity index (χ2n) is 8.82. The Morgan fingerprint density at radius 1 is 0.943 bits per heavy atom. The maximum absolute atomic E-state index is 14.4. The molecule has 3 aromatic rings. The van der Waals surface area contributed by atoms with Crippen LogP contribution < -0.4 is 15.2 Å². The van der Waals surface area contributed by atoms with Crippen molar-refractivity contribution >= 4 is 40.7 Å². The number of benzene rings is 3. The van der Waals surface area contributed by atoms with Gasteiger partial charge in [0.05, 0.1) is 17.3 Å². The summed E-state index contributed by atoms with van der Waals surface area (Å²) in [6, 6.07) is 22.2. The van der Waals surface area contributed by atoms with Crippen LogP contribution in [0.3, 0.4) is 0 Å². The lowest BCUT2D eigenvalue weighted by atomic mass is 10.1. The van der Waals surface area contributed by atoms with Gasteiger partial charge in [0.2, 0.25) is 0 Å². The van der Waals surface area contributed by atoms with E-state index >= 15 is 0 Å². The number of amides is 4. The molecule has 0 spiro atoms. The van der Waals surface area contributed by atoms with Crippen LogP contribution in [0.5, 0.6) is 0 Å². The lowest BCUT2D eigenvalue weighted by Crippen LogP contribution is -2.68. The van der Waals surface area contributed by atoms with Gasteiger partial charge >= 0.3 is 17.8 Å². The van der Waals surface area contributed by atoms with Gasteiger partial charge in [0, 0.05) is 17.7 Å². The van der Waals surface area contributed by atoms with E-state index in [-0.39, 0.29) is 0 Å². The second kappa shape index (κ2) is 7.33. The number of quaternary nitrogens is 1. The molecule has 3 heterocycles. The summed E-state index contributed by atoms with van der Waals surface area (Å²) in [5.41, 5.74) is 9.14. The number of para-hydroxylation sites is 3. The number of nitrogens with two attached hydrogens (primary N) is 1. The maximum atomic E-state index is 14.4. The lowest BCUT2D eigenvalue weighted by Gasteiger charge is -2.44. The van der Waals surface area contributed by atoms with Crippen molar-refractivity contribution in [1.29, 1.82) is 0 Å². The Morgan fingerprint density at radius 2 is 1.57 bits per heavy atom. The van der Waals surface area contributed by atoms with E-state index in [2.05, 4.69) is 0 Å². The molecule has 0 radical (unpaired) electrons. The van der Waals surface area contributed by atoms with E-state index in [1.165, 1.54) is 10.0 Å². The Kier molecular flexibility index (Phi) is 4.44. The third-order valence-corrected chi connectivity index (χ3v) is 6.66. The molecule has 3 atom stereocenters. The first kappa shape index (κ1) is 21.2. The summed E-state index contributed by atoms with van der Waals surface area (Å²) >= 11 is 0. The van der Waals surface area contributed by atoms with E-state index in [1.807, 2.05) is 67.6 Å². The molecule has 9 heteroatoms. The highest BCUT2D eigenvalue weighted by Gasteiger charge is 2.71. The minimum atomic E-state index is -1.22. The summed E-state index contributed by atoms with van der Waals surface area (Å²) in [5, 5.41) is 2.36. The van der Waals surface area contributed by atoms with Crippen molar-refractivity contribution in [1.82, 2.24) is 14.7 Å². The van der Waals surface area contributed by atoms with Crippen LogP contribution in [0.15, 0.2) is 83.9 Å². The first-order valence-corrected chi connectivity index (χ1v) is 11.3. The Morgan fingerprint density at radius 3 is 2.26 bits per heavy atom. The molecular weight excluding hydrogens is 444 g/mol. The van der Waals surface area contributed by atoms with Crippen molar-refractivity contribution in [2.75, 3.05) is 4.90 Å². The first-order valence-electron chi connectivity index (χ1n) is 11.3. The van der Waals surface area contributed by atoms with Gasteiger partial charge in [-0.1, -0.05) is 58.2 Å². The van der Waals surface area contributed by atoms with Crippen molar-refractivity contribution < 1.29 is 14.4 Å². The number of aryl methyl sites for hydroxylation is 1. The van der Waals surface area contributed by atoms with E-state index in [0.717, 1.165) is 10.6 Å². The van der Waals surface area contributed by atoms with Crippen LogP contribution in [0.2, 0.25) is 0 Å². The van der Waals surface area contributed by atoms with Gasteiger partial charge in [-0.3, -0.25) is 4.79 Å². The predicted molar refractivity (Wildman–Crippen MR) is 131 cm³/mol. The fourth-order valence-electron chi connectivity index (χ4n) is 5.15. The normalized spacial score (nSPS) is 23.2. The summed E-state index contributed by atoms with van der Waals surface area (Å²) in [6.07, 6.45) is -1.22. The molecule has 3 bridgehead atoms. The number of amidine groups is 1. The molecule has 0 aromatic heterocycles. The molecule has 0 unspecified atom stereocenters. The summed E-state index contributed by atoms with van der Waals surface area (Å²) in [7, 11) is 0. The predicted octanol–water partition coefficient (Wildman–Crippen LogP) is 3.21. The van der Waals surface area contributed by atoms with Crippen LogP contribution in [-0.4, -0.2) is 46.0 Å². The minimum Gasteiger partial charge on any atom is -0.320 e. The fourth-order valence-corrected chi connectivity index (χ4v) is 5.15. The molecule has 1 fully saturated rings. The third-order valence-electron chi connectivity index (χ3n) is 6.66. The smallest absolute Gasteiger partial charge is 0.320 e. The first-order chi connectivity index (χ1) is 16.9. The van der Waals surface area contributed by atoms with Crippen molar-refractivity contribution in [3.63, 3.8) is 0 Å². The monoisotopic (exact) mass is 467 g/mol. The minimum absolute atomic E-state index is 0.368. The Hall–Kier alpha value is -4.34. The molecular formula is C26H23N6O3+. The van der Waals surface area contributed by atoms with Crippen molar-refractivity contribution in [3.8, 4) is 0 Å². The number of hydrogen-bond donors (Lipinski definition) is 1. The van der Waals surface area contributed by atoms with Gasteiger partial charge in [0.25, 0.3) is 6.17 Å². The zero-order chi connectivity index (χ0) is 24.5. The highest BCUT2D eigenvalue weighted by atomic mass is 16.3. The molecule has 3 aliphatic rings. The van der Waals surface area contributed by atoms with Crippen LogP contribution in [0.25, 0.3) is 0 Å². The number of hydrogen-bond acceptors (Lipinski definition) is 5. The van der Waals surface area contributed by atoms with Crippen LogP contribution in [0, 0.1) is 6.92 Å². The third kappa shape index (κ3) is 2.59. The molecule has 1 saturated heterocycles. The van der Waals surface area contributed by atoms with E-state index < -0.39 is 34.6 Å². The van der Waals surface area contributed by atoms with Crippen molar-refractivity contribution in [3.05, 3.63) is 90.0 Å². The number of anilines is 1. The molecule has 2 N–H and O–H groups in total. The zero-order valence-electron chi connectivity index (χ0n) is 19.2. The van der Waals surface area contributed by atoms with E-state index in [1.54, 1.807) is 25.1 Å². The summed E-state index contributed by atoms with van der Waals surface area (Å²) < 4.78 is -0.616. The number of urea groups is 1. The number of nitrogens with zero attached hydrogens (tertiary/aromatic N) is 5. The highest BCUT2D eigenvalue weighted by molar-refractivity contribution is 6.30. The average molecular weight is 468 g/mol. The van der Waals surface area contributed by atoms with E-state index in [4.69, 9.17) is 10.7 Å². The topological polar surface area (TPSA) is 99.3 Å². The maximum Gasteiger partial charge on any atom is 0.397 e. The number of carbonyl (C=O) groups is 3. The molecule has 3 aromatic carbocycles. The number of rotatable bonds is 3. The average Bonchev–Trinajstić information content (AvgIpc) is 3.08. The molecule has 35 heavy (non-hydrogen) atoms. The van der Waals surface area contributed by atoms with Gasteiger partial charge in [0.15, 0.2) is 17.2 Å². The number of aliphatic imine (C=N–C) groups is 1. The van der Waals surface area contributed by atoms with Crippen LogP contribution in [0.4, 0.5) is 21.9 Å². The van der Waals surface area contributed by atoms with Gasteiger partial charge in [0.1, 0.15) is 0 Å². The van der Waals surface area contributed by atoms with Crippen molar-refractivity contribution in [2.24, 2.45) is 10.7 Å². The number of hydrazine groups is 1. The summed E-state index contributed by atoms with van der Waals surface area (Å²) in [5.74, 6) is -0.620.